The monoisotopic (exact) mass is 415 g/mol. The van der Waals surface area contributed by atoms with Crippen LogP contribution in [0.4, 0.5) is 10.8 Å². The molecule has 6 nitrogen and oxygen atoms in total. The molecule has 0 radical (unpaired) electrons. The van der Waals surface area contributed by atoms with E-state index in [-0.39, 0.29) is 11.0 Å². The first kappa shape index (κ1) is 21.3. The number of thiazole rings is 1. The lowest BCUT2D eigenvalue weighted by molar-refractivity contribution is 0.0697. The van der Waals surface area contributed by atoms with Gasteiger partial charge >= 0.3 is 5.97 Å². The molecule has 1 aromatic heterocycles. The van der Waals surface area contributed by atoms with E-state index in [1.54, 1.807) is 23.5 Å². The van der Waals surface area contributed by atoms with Crippen LogP contribution < -0.4 is 4.90 Å². The van der Waals surface area contributed by atoms with Crippen molar-refractivity contribution in [2.45, 2.75) is 58.8 Å². The van der Waals surface area contributed by atoms with Gasteiger partial charge in [-0.2, -0.15) is 0 Å². The van der Waals surface area contributed by atoms with E-state index in [0.717, 1.165) is 28.8 Å². The molecule has 0 fully saturated rings. The van der Waals surface area contributed by atoms with E-state index in [4.69, 9.17) is 4.98 Å². The summed E-state index contributed by atoms with van der Waals surface area (Å²) in [6.07, 6.45) is 0.683. The summed E-state index contributed by atoms with van der Waals surface area (Å²) < 4.78 is 0. The Morgan fingerprint density at radius 2 is 1.86 bits per heavy atom. The van der Waals surface area contributed by atoms with Gasteiger partial charge in [-0.1, -0.05) is 32.9 Å². The number of aromatic nitrogens is 1. The Balaban J connectivity index is 2.11. The Kier molecular flexibility index (Phi) is 5.47. The number of carbonyl (C=O) groups is 1. The fraction of sp³-hybridized carbons (Fsp3) is 0.500. The van der Waals surface area contributed by atoms with Crippen LogP contribution in [0.15, 0.2) is 29.4 Å². The van der Waals surface area contributed by atoms with Crippen LogP contribution in [0.2, 0.25) is 0 Å². The second-order valence-electron chi connectivity index (χ2n) is 9.26. The van der Waals surface area contributed by atoms with Crippen molar-refractivity contribution >= 4 is 33.8 Å². The van der Waals surface area contributed by atoms with Crippen molar-refractivity contribution in [3.05, 3.63) is 40.4 Å². The SMILES string of the molecule is CC(C)CN(c1ccc(C(=O)O)cc1)c1nc2c(s1)C(C)(C)C/C(=N/O)C2(C)C. The normalized spacial score (nSPS) is 18.7. The molecule has 0 spiro atoms. The van der Waals surface area contributed by atoms with Crippen molar-refractivity contribution in [1.29, 1.82) is 0 Å². The summed E-state index contributed by atoms with van der Waals surface area (Å²) in [5.41, 5.74) is 2.28. The van der Waals surface area contributed by atoms with Gasteiger partial charge in [0.05, 0.1) is 17.0 Å². The second-order valence-corrected chi connectivity index (χ2v) is 10.2. The summed E-state index contributed by atoms with van der Waals surface area (Å²) >= 11 is 1.67. The highest BCUT2D eigenvalue weighted by Gasteiger charge is 2.45. The minimum Gasteiger partial charge on any atom is -0.478 e. The number of hydrogen-bond donors (Lipinski definition) is 2. The van der Waals surface area contributed by atoms with Gasteiger partial charge in [0, 0.05) is 27.9 Å². The first-order valence-electron chi connectivity index (χ1n) is 9.81. The molecule has 0 unspecified atom stereocenters. The number of anilines is 2. The zero-order valence-electron chi connectivity index (χ0n) is 17.9. The van der Waals surface area contributed by atoms with Crippen LogP contribution in [0.5, 0.6) is 0 Å². The Morgan fingerprint density at radius 1 is 1.24 bits per heavy atom. The molecule has 7 heteroatoms. The zero-order valence-corrected chi connectivity index (χ0v) is 18.7. The van der Waals surface area contributed by atoms with Gasteiger partial charge in [-0.25, -0.2) is 9.78 Å². The molecule has 0 saturated heterocycles. The second kappa shape index (κ2) is 7.44. The molecule has 3 rings (SSSR count). The maximum atomic E-state index is 11.2. The molecule has 0 amide bonds. The number of aromatic carboxylic acids is 1. The van der Waals surface area contributed by atoms with Gasteiger partial charge in [-0.3, -0.25) is 0 Å². The largest absolute Gasteiger partial charge is 0.478 e. The van der Waals surface area contributed by atoms with Crippen molar-refractivity contribution < 1.29 is 15.1 Å². The number of fused-ring (bicyclic) bond motifs is 1. The highest BCUT2D eigenvalue weighted by molar-refractivity contribution is 7.16. The van der Waals surface area contributed by atoms with E-state index in [2.05, 4.69) is 37.8 Å². The molecule has 1 heterocycles. The molecule has 1 aliphatic rings. The van der Waals surface area contributed by atoms with Crippen LogP contribution in [0.1, 0.15) is 68.9 Å². The van der Waals surface area contributed by atoms with Gasteiger partial charge in [0.25, 0.3) is 0 Å². The van der Waals surface area contributed by atoms with Crippen molar-refractivity contribution in [3.8, 4) is 0 Å². The van der Waals surface area contributed by atoms with Gasteiger partial charge in [0.15, 0.2) is 5.13 Å². The van der Waals surface area contributed by atoms with E-state index in [1.165, 1.54) is 4.88 Å². The van der Waals surface area contributed by atoms with Crippen LogP contribution in [-0.4, -0.2) is 33.5 Å². The van der Waals surface area contributed by atoms with E-state index >= 15 is 0 Å². The molecule has 0 bridgehead atoms. The smallest absolute Gasteiger partial charge is 0.335 e. The third-order valence-corrected chi connectivity index (χ3v) is 6.92. The number of carboxylic acid groups (broad SMARTS) is 1. The average Bonchev–Trinajstić information content (AvgIpc) is 3.10. The molecule has 0 atom stereocenters. The number of carboxylic acids is 1. The summed E-state index contributed by atoms with van der Waals surface area (Å²) in [6.45, 7) is 13.5. The summed E-state index contributed by atoms with van der Waals surface area (Å²) in [4.78, 5) is 19.6. The lowest BCUT2D eigenvalue weighted by atomic mass is 9.67. The predicted molar refractivity (Wildman–Crippen MR) is 117 cm³/mol. The van der Waals surface area contributed by atoms with Gasteiger partial charge in [0.2, 0.25) is 0 Å². The van der Waals surface area contributed by atoms with E-state index in [0.29, 0.717) is 12.3 Å². The highest BCUT2D eigenvalue weighted by Crippen LogP contribution is 2.49. The average molecular weight is 416 g/mol. The first-order chi connectivity index (χ1) is 13.5. The summed E-state index contributed by atoms with van der Waals surface area (Å²) in [5, 5.41) is 23.2. The van der Waals surface area contributed by atoms with Crippen LogP contribution in [0, 0.1) is 5.92 Å². The van der Waals surface area contributed by atoms with E-state index in [1.807, 2.05) is 26.0 Å². The fourth-order valence-corrected chi connectivity index (χ4v) is 5.12. The molecule has 2 aromatic rings. The van der Waals surface area contributed by atoms with E-state index < -0.39 is 11.4 Å². The Morgan fingerprint density at radius 3 is 2.38 bits per heavy atom. The van der Waals surface area contributed by atoms with E-state index in [9.17, 15) is 15.1 Å². The standard InChI is InChI=1S/C22H29N3O3S/c1-13(2)12-25(15-9-7-14(8-10-15)19(26)27)20-23-17-18(29-20)21(3,4)11-16(24-28)22(17,5)6/h7-10,13,28H,11-12H2,1-6H3,(H,26,27)/b24-16-. The first-order valence-corrected chi connectivity index (χ1v) is 10.6. The van der Waals surface area contributed by atoms with Crippen molar-refractivity contribution in [2.24, 2.45) is 11.1 Å². The van der Waals surface area contributed by atoms with Crippen molar-refractivity contribution in [2.75, 3.05) is 11.4 Å². The fourth-order valence-electron chi connectivity index (χ4n) is 3.77. The number of hydrogen-bond acceptors (Lipinski definition) is 6. The number of benzene rings is 1. The van der Waals surface area contributed by atoms with Gasteiger partial charge < -0.3 is 15.2 Å². The molecule has 1 aliphatic carbocycles. The van der Waals surface area contributed by atoms with Crippen LogP contribution in [0.25, 0.3) is 0 Å². The number of oxime groups is 1. The van der Waals surface area contributed by atoms with Crippen LogP contribution in [0.3, 0.4) is 0 Å². The third kappa shape index (κ3) is 3.88. The van der Waals surface area contributed by atoms with Crippen molar-refractivity contribution in [3.63, 3.8) is 0 Å². The summed E-state index contributed by atoms with van der Waals surface area (Å²) in [6, 6.07) is 6.93. The predicted octanol–water partition coefficient (Wildman–Crippen LogP) is 5.42. The third-order valence-electron chi connectivity index (χ3n) is 5.48. The van der Waals surface area contributed by atoms with Crippen molar-refractivity contribution in [1.82, 2.24) is 4.98 Å². The molecule has 2 N–H and O–H groups in total. The van der Waals surface area contributed by atoms with Gasteiger partial charge in [0.1, 0.15) is 0 Å². The Hall–Kier alpha value is -2.41. The quantitative estimate of drug-likeness (QED) is 0.503. The topological polar surface area (TPSA) is 86.0 Å². The zero-order chi connectivity index (χ0) is 21.6. The van der Waals surface area contributed by atoms with Gasteiger partial charge in [-0.15, -0.1) is 11.3 Å². The molecule has 1 aromatic carbocycles. The molecule has 29 heavy (non-hydrogen) atoms. The summed E-state index contributed by atoms with van der Waals surface area (Å²) in [5.74, 6) is -0.540. The van der Waals surface area contributed by atoms with Crippen LogP contribution >= 0.6 is 11.3 Å². The lowest BCUT2D eigenvalue weighted by Gasteiger charge is -2.38. The minimum absolute atomic E-state index is 0.168. The molecular weight excluding hydrogens is 386 g/mol. The molecule has 0 aliphatic heterocycles. The van der Waals surface area contributed by atoms with Crippen LogP contribution in [-0.2, 0) is 10.8 Å². The Bertz CT molecular complexity index is 943. The van der Waals surface area contributed by atoms with Gasteiger partial charge in [-0.05, 0) is 50.5 Å². The molecule has 156 valence electrons. The lowest BCUT2D eigenvalue weighted by Crippen LogP contribution is -2.41. The highest BCUT2D eigenvalue weighted by atomic mass is 32.1. The maximum Gasteiger partial charge on any atom is 0.335 e. The number of rotatable bonds is 5. The Labute approximate surface area is 175 Å². The number of nitrogens with zero attached hydrogens (tertiary/aromatic N) is 3. The molecule has 0 saturated carbocycles. The summed E-state index contributed by atoms with van der Waals surface area (Å²) in [7, 11) is 0. The maximum absolute atomic E-state index is 11.2. The minimum atomic E-state index is -0.934. The molecular formula is C22H29N3O3S.